The smallest absolute Gasteiger partial charge is 0.319 e. The van der Waals surface area contributed by atoms with Gasteiger partial charge < -0.3 is 10.6 Å². The Morgan fingerprint density at radius 2 is 2.00 bits per heavy atom. The van der Waals surface area contributed by atoms with Crippen LogP contribution in [0.1, 0.15) is 30.5 Å². The topological polar surface area (TPSA) is 78.7 Å². The quantitative estimate of drug-likeness (QED) is 0.683. The van der Waals surface area contributed by atoms with Gasteiger partial charge in [0, 0.05) is 37.1 Å². The van der Waals surface area contributed by atoms with Gasteiger partial charge in [0.15, 0.2) is 0 Å². The Labute approximate surface area is 175 Å². The summed E-state index contributed by atoms with van der Waals surface area (Å²) in [6.07, 6.45) is 5.01. The second kappa shape index (κ2) is 9.09. The van der Waals surface area contributed by atoms with E-state index in [-0.39, 0.29) is 17.6 Å². The molecule has 30 heavy (non-hydrogen) atoms. The van der Waals surface area contributed by atoms with E-state index >= 15 is 0 Å². The summed E-state index contributed by atoms with van der Waals surface area (Å²) < 4.78 is 1.59. The van der Waals surface area contributed by atoms with Crippen molar-refractivity contribution in [2.75, 3.05) is 18.4 Å². The Bertz CT molecular complexity index is 1080. The van der Waals surface area contributed by atoms with E-state index in [4.69, 9.17) is 4.98 Å². The minimum atomic E-state index is -0.204. The van der Waals surface area contributed by atoms with Gasteiger partial charge in [-0.1, -0.05) is 30.7 Å². The lowest BCUT2D eigenvalue weighted by Gasteiger charge is -2.35. The first-order valence-electron chi connectivity index (χ1n) is 10.4. The molecular weight excluding hydrogens is 378 g/mol. The van der Waals surface area contributed by atoms with Gasteiger partial charge in [-0.05, 0) is 50.1 Å². The Morgan fingerprint density at radius 1 is 1.17 bits per heavy atom. The van der Waals surface area contributed by atoms with E-state index in [1.54, 1.807) is 16.7 Å². The van der Waals surface area contributed by atoms with Crippen LogP contribution in [0.5, 0.6) is 0 Å². The largest absolute Gasteiger partial charge is 0.336 e. The van der Waals surface area contributed by atoms with Gasteiger partial charge in [-0.15, -0.1) is 0 Å². The molecule has 0 radical (unpaired) electrons. The number of anilines is 1. The molecule has 7 nitrogen and oxygen atoms in total. The maximum absolute atomic E-state index is 12.5. The number of nitrogens with zero attached hydrogens (tertiary/aromatic N) is 3. The van der Waals surface area contributed by atoms with Crippen LogP contribution in [0.25, 0.3) is 5.65 Å². The number of para-hydroxylation sites is 1. The highest BCUT2D eigenvalue weighted by Gasteiger charge is 2.23. The first kappa shape index (κ1) is 20.1. The molecule has 4 rings (SSSR count). The normalized spacial score (nSPS) is 17.0. The molecule has 1 saturated heterocycles. The third kappa shape index (κ3) is 4.68. The second-order valence-corrected chi connectivity index (χ2v) is 7.79. The molecule has 0 aliphatic carbocycles. The van der Waals surface area contributed by atoms with Gasteiger partial charge in [-0.25, -0.2) is 9.78 Å². The maximum Gasteiger partial charge on any atom is 0.319 e. The van der Waals surface area contributed by atoms with Crippen LogP contribution in [0.2, 0.25) is 0 Å². The molecule has 2 N–H and O–H groups in total. The summed E-state index contributed by atoms with van der Waals surface area (Å²) in [5.41, 5.74) is 3.16. The minimum Gasteiger partial charge on any atom is -0.336 e. The Hall–Kier alpha value is -3.19. The van der Waals surface area contributed by atoms with E-state index in [0.29, 0.717) is 18.7 Å². The summed E-state index contributed by atoms with van der Waals surface area (Å²) in [4.78, 5) is 31.8. The Kier molecular flexibility index (Phi) is 6.09. The van der Waals surface area contributed by atoms with E-state index in [1.165, 1.54) is 0 Å². The first-order valence-corrected chi connectivity index (χ1v) is 10.4. The molecule has 1 aromatic carbocycles. The Morgan fingerprint density at radius 3 is 2.83 bits per heavy atom. The molecule has 3 aromatic rings. The highest BCUT2D eigenvalue weighted by atomic mass is 16.2. The standard InChI is InChI=1S/C23H27N5O2/c1-17-8-7-13-28-21(29)14-19(25-22(17)28)16-27-12-6-5-11-20(27)15-24-23(30)26-18-9-3-2-4-10-18/h2-4,7-10,13-14,20H,5-6,11-12,15-16H2,1H3,(H2,24,26,30). The lowest BCUT2D eigenvalue weighted by Crippen LogP contribution is -2.47. The molecule has 1 atom stereocenters. The summed E-state index contributed by atoms with van der Waals surface area (Å²) in [6.45, 7) is 4.06. The van der Waals surface area contributed by atoms with Crippen molar-refractivity contribution >= 4 is 17.4 Å². The van der Waals surface area contributed by atoms with Gasteiger partial charge >= 0.3 is 6.03 Å². The van der Waals surface area contributed by atoms with E-state index < -0.39 is 0 Å². The van der Waals surface area contributed by atoms with Gasteiger partial charge in [0.2, 0.25) is 0 Å². The monoisotopic (exact) mass is 405 g/mol. The van der Waals surface area contributed by atoms with Gasteiger partial charge in [0.25, 0.3) is 5.56 Å². The van der Waals surface area contributed by atoms with Crippen molar-refractivity contribution in [3.63, 3.8) is 0 Å². The minimum absolute atomic E-state index is 0.0624. The SMILES string of the molecule is Cc1cccn2c(=O)cc(CN3CCCCC3CNC(=O)Nc3ccccc3)nc12. The van der Waals surface area contributed by atoms with Crippen LogP contribution < -0.4 is 16.2 Å². The highest BCUT2D eigenvalue weighted by Crippen LogP contribution is 2.19. The van der Waals surface area contributed by atoms with E-state index in [9.17, 15) is 9.59 Å². The van der Waals surface area contributed by atoms with Crippen molar-refractivity contribution in [2.45, 2.75) is 38.8 Å². The number of aryl methyl sites for hydroxylation is 1. The van der Waals surface area contributed by atoms with Crippen molar-refractivity contribution in [1.29, 1.82) is 0 Å². The zero-order chi connectivity index (χ0) is 20.9. The van der Waals surface area contributed by atoms with Crippen molar-refractivity contribution in [2.24, 2.45) is 0 Å². The molecule has 0 saturated carbocycles. The number of pyridine rings is 1. The number of benzene rings is 1. The average molecular weight is 406 g/mol. The Balaban J connectivity index is 1.42. The van der Waals surface area contributed by atoms with Gasteiger partial charge in [0.1, 0.15) is 5.65 Å². The molecule has 1 aliphatic rings. The number of hydrogen-bond acceptors (Lipinski definition) is 4. The summed E-state index contributed by atoms with van der Waals surface area (Å²) in [7, 11) is 0. The van der Waals surface area contributed by atoms with Crippen LogP contribution in [-0.4, -0.2) is 39.4 Å². The molecule has 1 unspecified atom stereocenters. The van der Waals surface area contributed by atoms with E-state index in [1.807, 2.05) is 49.4 Å². The summed E-state index contributed by atoms with van der Waals surface area (Å²) in [6, 6.07) is 14.9. The molecule has 156 valence electrons. The number of carbonyl (C=O) groups excluding carboxylic acids is 1. The average Bonchev–Trinajstić information content (AvgIpc) is 2.75. The summed E-state index contributed by atoms with van der Waals surface area (Å²) in [5, 5.41) is 5.84. The molecule has 2 aromatic heterocycles. The predicted molar refractivity (Wildman–Crippen MR) is 118 cm³/mol. The lowest BCUT2D eigenvalue weighted by atomic mass is 10.0. The second-order valence-electron chi connectivity index (χ2n) is 7.79. The molecule has 2 amide bonds. The number of amides is 2. The fourth-order valence-electron chi connectivity index (χ4n) is 4.00. The summed E-state index contributed by atoms with van der Waals surface area (Å²) >= 11 is 0. The van der Waals surface area contributed by atoms with Crippen LogP contribution in [0.3, 0.4) is 0 Å². The number of rotatable bonds is 5. The van der Waals surface area contributed by atoms with E-state index in [2.05, 4.69) is 15.5 Å². The molecule has 3 heterocycles. The van der Waals surface area contributed by atoms with Gasteiger partial charge in [0.05, 0.1) is 5.69 Å². The number of carbonyl (C=O) groups is 1. The molecular formula is C23H27N5O2. The highest BCUT2D eigenvalue weighted by molar-refractivity contribution is 5.89. The van der Waals surface area contributed by atoms with Crippen molar-refractivity contribution in [3.05, 3.63) is 76.3 Å². The van der Waals surface area contributed by atoms with Crippen molar-refractivity contribution < 1.29 is 4.79 Å². The third-order valence-corrected chi connectivity index (χ3v) is 5.58. The van der Waals surface area contributed by atoms with Crippen LogP contribution >= 0.6 is 0 Å². The number of fused-ring (bicyclic) bond motifs is 1. The first-order chi connectivity index (χ1) is 14.6. The number of nitrogens with one attached hydrogen (secondary N) is 2. The molecule has 1 fully saturated rings. The van der Waals surface area contributed by atoms with Gasteiger partial charge in [-0.2, -0.15) is 0 Å². The lowest BCUT2D eigenvalue weighted by molar-refractivity contribution is 0.137. The third-order valence-electron chi connectivity index (χ3n) is 5.58. The predicted octanol–water partition coefficient (Wildman–Crippen LogP) is 3.18. The zero-order valence-electron chi connectivity index (χ0n) is 17.2. The van der Waals surface area contributed by atoms with E-state index in [0.717, 1.165) is 42.8 Å². The van der Waals surface area contributed by atoms with Crippen LogP contribution in [0, 0.1) is 6.92 Å². The van der Waals surface area contributed by atoms with Crippen LogP contribution in [0.15, 0.2) is 59.5 Å². The maximum atomic E-state index is 12.5. The fraction of sp³-hybridized carbons (Fsp3) is 0.348. The number of hydrogen-bond donors (Lipinski definition) is 2. The number of piperidine rings is 1. The van der Waals surface area contributed by atoms with Crippen molar-refractivity contribution in [3.8, 4) is 0 Å². The molecule has 0 spiro atoms. The summed E-state index contributed by atoms with van der Waals surface area (Å²) in [5.74, 6) is 0. The number of aromatic nitrogens is 2. The van der Waals surface area contributed by atoms with Gasteiger partial charge in [-0.3, -0.25) is 14.1 Å². The number of likely N-dealkylation sites (tertiary alicyclic amines) is 1. The molecule has 0 bridgehead atoms. The van der Waals surface area contributed by atoms with Crippen LogP contribution in [0.4, 0.5) is 10.5 Å². The van der Waals surface area contributed by atoms with Crippen molar-refractivity contribution in [1.82, 2.24) is 19.6 Å². The van der Waals surface area contributed by atoms with Crippen LogP contribution in [-0.2, 0) is 6.54 Å². The molecule has 1 aliphatic heterocycles. The fourth-order valence-corrected chi connectivity index (χ4v) is 4.00. The molecule has 7 heteroatoms. The number of urea groups is 1. The zero-order valence-corrected chi connectivity index (χ0v) is 17.2.